The maximum absolute atomic E-state index is 6.14. The number of benzene rings is 1. The van der Waals surface area contributed by atoms with E-state index in [2.05, 4.69) is 35.8 Å². The molecule has 1 unspecified atom stereocenters. The molecule has 1 aromatic carbocycles. The van der Waals surface area contributed by atoms with E-state index in [1.165, 1.54) is 5.56 Å². The lowest BCUT2D eigenvalue weighted by molar-refractivity contribution is 0.126. The Morgan fingerprint density at radius 2 is 2.19 bits per heavy atom. The summed E-state index contributed by atoms with van der Waals surface area (Å²) in [6.07, 6.45) is 0.747. The predicted octanol–water partition coefficient (Wildman–Crippen LogP) is 4.30. The highest BCUT2D eigenvalue weighted by Gasteiger charge is 2.32. The molecule has 0 aliphatic carbocycles. The van der Waals surface area contributed by atoms with E-state index in [0.29, 0.717) is 6.54 Å². The minimum atomic E-state index is -0.175. The fourth-order valence-corrected chi connectivity index (χ4v) is 4.02. The lowest BCUT2D eigenvalue weighted by atomic mass is 10.0. The van der Waals surface area contributed by atoms with E-state index in [1.54, 1.807) is 11.3 Å². The van der Waals surface area contributed by atoms with Crippen LogP contribution in [0, 0.1) is 0 Å². The van der Waals surface area contributed by atoms with Gasteiger partial charge < -0.3 is 15.2 Å². The maximum Gasteiger partial charge on any atom is 0.165 e. The van der Waals surface area contributed by atoms with Crippen molar-refractivity contribution in [2.24, 2.45) is 5.73 Å². The number of hydrogen-bond acceptors (Lipinski definition) is 4. The summed E-state index contributed by atoms with van der Waals surface area (Å²) in [7, 11) is 0. The number of hydrogen-bond donors (Lipinski definition) is 1. The Morgan fingerprint density at radius 3 is 2.86 bits per heavy atom. The number of thiophene rings is 1. The molecule has 0 amide bonds. The Bertz CT molecular complexity index is 653. The quantitative estimate of drug-likeness (QED) is 0.875. The number of ether oxygens (including phenoxy) is 2. The van der Waals surface area contributed by atoms with Gasteiger partial charge in [0.2, 0.25) is 0 Å². The van der Waals surface area contributed by atoms with E-state index >= 15 is 0 Å². The second-order valence-corrected chi connectivity index (χ2v) is 8.26. The molecule has 1 atom stereocenters. The Labute approximate surface area is 137 Å². The molecule has 2 aromatic rings. The number of fused-ring (bicyclic) bond motifs is 1. The summed E-state index contributed by atoms with van der Waals surface area (Å²) in [4.78, 5) is 1.11. The van der Waals surface area contributed by atoms with Gasteiger partial charge in [-0.1, -0.05) is 12.1 Å². The molecule has 2 heterocycles. The summed E-state index contributed by atoms with van der Waals surface area (Å²) in [5, 5.41) is 0. The molecule has 5 heteroatoms. The Hall–Kier alpha value is -1.04. The lowest BCUT2D eigenvalue weighted by Crippen LogP contribution is -2.25. The Morgan fingerprint density at radius 1 is 1.38 bits per heavy atom. The highest BCUT2D eigenvalue weighted by atomic mass is 79.9. The van der Waals surface area contributed by atoms with Crippen molar-refractivity contribution in [3.8, 4) is 11.5 Å². The van der Waals surface area contributed by atoms with Crippen LogP contribution < -0.4 is 15.2 Å². The monoisotopic (exact) mass is 367 g/mol. The molecule has 3 nitrogen and oxygen atoms in total. The standard InChI is InChI=1S/C16H18BrNO2S/c1-16(2)8-10-4-3-5-11(15(10)20-16)19-12(9-18)13-6-7-14(17)21-13/h3-7,12H,8-9,18H2,1-2H3. The first-order valence-corrected chi connectivity index (χ1v) is 8.52. The van der Waals surface area contributed by atoms with Gasteiger partial charge >= 0.3 is 0 Å². The highest BCUT2D eigenvalue weighted by molar-refractivity contribution is 9.11. The zero-order valence-electron chi connectivity index (χ0n) is 12.1. The fraction of sp³-hybridized carbons (Fsp3) is 0.375. The zero-order valence-corrected chi connectivity index (χ0v) is 14.5. The molecule has 0 radical (unpaired) electrons. The van der Waals surface area contributed by atoms with Crippen molar-refractivity contribution in [1.82, 2.24) is 0 Å². The van der Waals surface area contributed by atoms with Gasteiger partial charge in [0.1, 0.15) is 11.7 Å². The van der Waals surface area contributed by atoms with Crippen LogP contribution in [0.2, 0.25) is 0 Å². The summed E-state index contributed by atoms with van der Waals surface area (Å²) >= 11 is 5.12. The summed E-state index contributed by atoms with van der Waals surface area (Å²) < 4.78 is 13.3. The van der Waals surface area contributed by atoms with Gasteiger partial charge in [-0.15, -0.1) is 11.3 Å². The van der Waals surface area contributed by atoms with E-state index in [-0.39, 0.29) is 11.7 Å². The summed E-state index contributed by atoms with van der Waals surface area (Å²) in [6.45, 7) is 4.61. The van der Waals surface area contributed by atoms with Crippen LogP contribution in [0.5, 0.6) is 11.5 Å². The van der Waals surface area contributed by atoms with E-state index in [9.17, 15) is 0 Å². The third kappa shape index (κ3) is 3.10. The van der Waals surface area contributed by atoms with Crippen molar-refractivity contribution in [1.29, 1.82) is 0 Å². The minimum Gasteiger partial charge on any atom is -0.483 e. The smallest absolute Gasteiger partial charge is 0.165 e. The predicted molar refractivity (Wildman–Crippen MR) is 89.3 cm³/mol. The van der Waals surface area contributed by atoms with Crippen LogP contribution in [-0.2, 0) is 6.42 Å². The van der Waals surface area contributed by atoms with Gasteiger partial charge in [0.25, 0.3) is 0 Å². The van der Waals surface area contributed by atoms with E-state index in [0.717, 1.165) is 26.6 Å². The first kappa shape index (κ1) is 14.9. The van der Waals surface area contributed by atoms with Crippen LogP contribution in [0.1, 0.15) is 30.4 Å². The van der Waals surface area contributed by atoms with Crippen molar-refractivity contribution in [2.45, 2.75) is 32.0 Å². The zero-order chi connectivity index (χ0) is 15.0. The normalized spacial score (nSPS) is 17.1. The third-order valence-electron chi connectivity index (χ3n) is 3.45. The van der Waals surface area contributed by atoms with Crippen LogP contribution in [0.15, 0.2) is 34.1 Å². The molecule has 1 aliphatic heterocycles. The van der Waals surface area contributed by atoms with Crippen molar-refractivity contribution in [3.63, 3.8) is 0 Å². The van der Waals surface area contributed by atoms with Gasteiger partial charge in [-0.25, -0.2) is 0 Å². The van der Waals surface area contributed by atoms with Gasteiger partial charge in [-0.3, -0.25) is 0 Å². The van der Waals surface area contributed by atoms with Gasteiger partial charge in [-0.2, -0.15) is 0 Å². The lowest BCUT2D eigenvalue weighted by Gasteiger charge is -2.20. The van der Waals surface area contributed by atoms with Crippen LogP contribution in [0.3, 0.4) is 0 Å². The summed E-state index contributed by atoms with van der Waals surface area (Å²) in [5.74, 6) is 1.63. The molecule has 1 aliphatic rings. The minimum absolute atomic E-state index is 0.153. The molecule has 21 heavy (non-hydrogen) atoms. The topological polar surface area (TPSA) is 44.5 Å². The van der Waals surface area contributed by atoms with E-state index in [1.807, 2.05) is 24.3 Å². The van der Waals surface area contributed by atoms with E-state index in [4.69, 9.17) is 15.2 Å². The maximum atomic E-state index is 6.14. The van der Waals surface area contributed by atoms with Crippen molar-refractivity contribution in [3.05, 3.63) is 44.6 Å². The average Bonchev–Trinajstić information content (AvgIpc) is 2.98. The van der Waals surface area contributed by atoms with Crippen LogP contribution in [0.4, 0.5) is 0 Å². The summed E-state index contributed by atoms with van der Waals surface area (Å²) in [5.41, 5.74) is 6.91. The van der Waals surface area contributed by atoms with Gasteiger partial charge in [0.05, 0.1) is 3.79 Å². The molecule has 0 saturated carbocycles. The Balaban J connectivity index is 1.87. The van der Waals surface area contributed by atoms with Gasteiger partial charge in [-0.05, 0) is 48.0 Å². The molecule has 0 saturated heterocycles. The van der Waals surface area contributed by atoms with Crippen LogP contribution in [-0.4, -0.2) is 12.1 Å². The highest BCUT2D eigenvalue weighted by Crippen LogP contribution is 2.43. The van der Waals surface area contributed by atoms with Gasteiger partial charge in [0, 0.05) is 23.4 Å². The first-order valence-electron chi connectivity index (χ1n) is 6.91. The molecule has 2 N–H and O–H groups in total. The molecular formula is C16H18BrNO2S. The fourth-order valence-electron chi connectivity index (χ4n) is 2.56. The summed E-state index contributed by atoms with van der Waals surface area (Å²) in [6, 6.07) is 10.1. The third-order valence-corrected chi connectivity index (χ3v) is 5.17. The molecule has 0 spiro atoms. The molecule has 112 valence electrons. The second kappa shape index (κ2) is 5.63. The number of rotatable bonds is 4. The first-order chi connectivity index (χ1) is 9.98. The number of para-hydroxylation sites is 1. The van der Waals surface area contributed by atoms with Crippen molar-refractivity contribution < 1.29 is 9.47 Å². The largest absolute Gasteiger partial charge is 0.483 e. The Kier molecular flexibility index (Phi) is 3.99. The molecule has 1 aromatic heterocycles. The average molecular weight is 368 g/mol. The van der Waals surface area contributed by atoms with Crippen molar-refractivity contribution in [2.75, 3.05) is 6.54 Å². The molecule has 0 bridgehead atoms. The van der Waals surface area contributed by atoms with Gasteiger partial charge in [0.15, 0.2) is 11.5 Å². The van der Waals surface area contributed by atoms with Crippen LogP contribution >= 0.6 is 27.3 Å². The van der Waals surface area contributed by atoms with Crippen LogP contribution in [0.25, 0.3) is 0 Å². The number of halogens is 1. The second-order valence-electron chi connectivity index (χ2n) is 5.77. The SMILES string of the molecule is CC1(C)Cc2cccc(OC(CN)c3ccc(Br)s3)c2O1. The number of nitrogens with two attached hydrogens (primary N) is 1. The molecule has 0 fully saturated rings. The van der Waals surface area contributed by atoms with E-state index < -0.39 is 0 Å². The molecule has 3 rings (SSSR count). The molecular weight excluding hydrogens is 350 g/mol. The van der Waals surface area contributed by atoms with Crippen molar-refractivity contribution >= 4 is 27.3 Å².